The molecule has 0 spiro atoms. The van der Waals surface area contributed by atoms with Crippen molar-refractivity contribution in [2.75, 3.05) is 11.9 Å². The molecule has 0 unspecified atom stereocenters. The molecule has 2 heterocycles. The van der Waals surface area contributed by atoms with Crippen LogP contribution >= 0.6 is 0 Å². The molecule has 116 valence electrons. The van der Waals surface area contributed by atoms with E-state index in [4.69, 9.17) is 9.51 Å². The summed E-state index contributed by atoms with van der Waals surface area (Å²) in [7, 11) is 1.97. The normalized spacial score (nSPS) is 18.8. The fourth-order valence-corrected chi connectivity index (χ4v) is 3.11. The van der Waals surface area contributed by atoms with Crippen molar-refractivity contribution in [3.8, 4) is 0 Å². The van der Waals surface area contributed by atoms with Crippen LogP contribution in [0.3, 0.4) is 0 Å². The predicted molar refractivity (Wildman–Crippen MR) is 81.6 cm³/mol. The van der Waals surface area contributed by atoms with Gasteiger partial charge < -0.3 is 9.42 Å². The molecule has 0 atom stereocenters. The van der Waals surface area contributed by atoms with E-state index in [2.05, 4.69) is 15.1 Å². The molecule has 0 aliphatic heterocycles. The van der Waals surface area contributed by atoms with E-state index < -0.39 is 0 Å². The van der Waals surface area contributed by atoms with Gasteiger partial charge in [0.05, 0.1) is 6.54 Å². The maximum absolute atomic E-state index is 5.33. The molecule has 0 aromatic carbocycles. The van der Waals surface area contributed by atoms with E-state index in [1.807, 2.05) is 24.2 Å². The molecule has 2 aliphatic rings. The Morgan fingerprint density at radius 2 is 1.95 bits per heavy atom. The zero-order chi connectivity index (χ0) is 14.9. The average molecular weight is 299 g/mol. The molecule has 2 fully saturated rings. The number of rotatable bonds is 5. The van der Waals surface area contributed by atoms with Crippen LogP contribution in [-0.4, -0.2) is 27.2 Å². The first kappa shape index (κ1) is 13.7. The highest BCUT2D eigenvalue weighted by Crippen LogP contribution is 2.38. The Balaban J connectivity index is 1.46. The van der Waals surface area contributed by atoms with Crippen molar-refractivity contribution in [3.05, 3.63) is 29.7 Å². The molecule has 2 aromatic rings. The molecule has 6 nitrogen and oxygen atoms in total. The number of nitrogens with zero attached hydrogens (tertiary/aromatic N) is 5. The van der Waals surface area contributed by atoms with Crippen LogP contribution in [-0.2, 0) is 6.54 Å². The highest BCUT2D eigenvalue weighted by atomic mass is 16.5. The number of hydrogen-bond acceptors (Lipinski definition) is 6. The van der Waals surface area contributed by atoms with Crippen molar-refractivity contribution < 1.29 is 4.52 Å². The van der Waals surface area contributed by atoms with E-state index in [0.29, 0.717) is 24.3 Å². The van der Waals surface area contributed by atoms with Crippen molar-refractivity contribution in [1.82, 2.24) is 20.1 Å². The van der Waals surface area contributed by atoms with Gasteiger partial charge in [0.15, 0.2) is 5.82 Å². The average Bonchev–Trinajstić information content (AvgIpc) is 3.06. The van der Waals surface area contributed by atoms with Crippen LogP contribution in [0.25, 0.3) is 0 Å². The molecular formula is C16H21N5O. The van der Waals surface area contributed by atoms with Crippen molar-refractivity contribution >= 4 is 5.95 Å². The molecule has 0 bridgehead atoms. The Labute approximate surface area is 130 Å². The first-order valence-corrected chi connectivity index (χ1v) is 8.16. The van der Waals surface area contributed by atoms with Gasteiger partial charge in [-0.05, 0) is 31.7 Å². The van der Waals surface area contributed by atoms with E-state index in [9.17, 15) is 0 Å². The molecule has 0 saturated heterocycles. The molecule has 2 saturated carbocycles. The monoisotopic (exact) mass is 299 g/mol. The van der Waals surface area contributed by atoms with Gasteiger partial charge >= 0.3 is 0 Å². The fourth-order valence-electron chi connectivity index (χ4n) is 3.11. The quantitative estimate of drug-likeness (QED) is 0.845. The summed E-state index contributed by atoms with van der Waals surface area (Å²) in [6, 6.07) is 2.05. The summed E-state index contributed by atoms with van der Waals surface area (Å²) in [4.78, 5) is 15.6. The van der Waals surface area contributed by atoms with Gasteiger partial charge in [-0.15, -0.1) is 0 Å². The number of anilines is 1. The molecule has 6 heteroatoms. The van der Waals surface area contributed by atoms with Crippen LogP contribution in [0.5, 0.6) is 0 Å². The summed E-state index contributed by atoms with van der Waals surface area (Å²) in [5, 5.41) is 4.05. The maximum Gasteiger partial charge on any atom is 0.246 e. The highest BCUT2D eigenvalue weighted by Gasteiger charge is 2.29. The third-order valence-electron chi connectivity index (χ3n) is 4.58. The first-order chi connectivity index (χ1) is 10.8. The Morgan fingerprint density at radius 3 is 2.73 bits per heavy atom. The molecule has 0 radical (unpaired) electrons. The second-order valence-electron chi connectivity index (χ2n) is 6.44. The summed E-state index contributed by atoms with van der Waals surface area (Å²) in [6.45, 7) is 0.549. The minimum Gasteiger partial charge on any atom is -0.337 e. The lowest BCUT2D eigenvalue weighted by atomic mass is 10.0. The molecule has 22 heavy (non-hydrogen) atoms. The topological polar surface area (TPSA) is 67.9 Å². The van der Waals surface area contributed by atoms with Gasteiger partial charge in [-0.2, -0.15) is 4.98 Å². The van der Waals surface area contributed by atoms with Gasteiger partial charge in [0.2, 0.25) is 11.8 Å². The van der Waals surface area contributed by atoms with Gasteiger partial charge in [0.25, 0.3) is 0 Å². The molecular weight excluding hydrogens is 278 g/mol. The van der Waals surface area contributed by atoms with Crippen LogP contribution in [0.4, 0.5) is 5.95 Å². The summed E-state index contributed by atoms with van der Waals surface area (Å²) in [5.74, 6) is 3.34. The lowest BCUT2D eigenvalue weighted by Crippen LogP contribution is -2.20. The summed E-state index contributed by atoms with van der Waals surface area (Å²) >= 11 is 0. The lowest BCUT2D eigenvalue weighted by molar-refractivity contribution is 0.372. The third-order valence-corrected chi connectivity index (χ3v) is 4.58. The van der Waals surface area contributed by atoms with Crippen molar-refractivity contribution in [2.45, 2.75) is 56.9 Å². The van der Waals surface area contributed by atoms with Crippen molar-refractivity contribution in [2.24, 2.45) is 0 Å². The maximum atomic E-state index is 5.33. The minimum absolute atomic E-state index is 0.518. The number of aromatic nitrogens is 4. The first-order valence-electron chi connectivity index (χ1n) is 8.16. The van der Waals surface area contributed by atoms with Crippen molar-refractivity contribution in [1.29, 1.82) is 0 Å². The van der Waals surface area contributed by atoms with E-state index >= 15 is 0 Å². The van der Waals surface area contributed by atoms with Crippen LogP contribution in [0, 0.1) is 0 Å². The SMILES string of the molecule is CN(Cc1nc(C2CC2)no1)c1nccc(C2CCCC2)n1. The van der Waals surface area contributed by atoms with Gasteiger partial charge in [0, 0.05) is 30.8 Å². The van der Waals surface area contributed by atoms with E-state index in [0.717, 1.165) is 11.8 Å². The largest absolute Gasteiger partial charge is 0.337 e. The van der Waals surface area contributed by atoms with E-state index in [-0.39, 0.29) is 0 Å². The molecule has 2 aliphatic carbocycles. The summed E-state index contributed by atoms with van der Waals surface area (Å²) in [5.41, 5.74) is 1.17. The van der Waals surface area contributed by atoms with Crippen molar-refractivity contribution in [3.63, 3.8) is 0 Å². The van der Waals surface area contributed by atoms with Gasteiger partial charge in [-0.1, -0.05) is 18.0 Å². The number of hydrogen-bond donors (Lipinski definition) is 0. The fraction of sp³-hybridized carbons (Fsp3) is 0.625. The molecule has 2 aromatic heterocycles. The second-order valence-corrected chi connectivity index (χ2v) is 6.44. The predicted octanol–water partition coefficient (Wildman–Crippen LogP) is 3.03. The smallest absolute Gasteiger partial charge is 0.246 e. The Morgan fingerprint density at radius 1 is 1.14 bits per heavy atom. The van der Waals surface area contributed by atoms with E-state index in [1.54, 1.807) is 0 Å². The van der Waals surface area contributed by atoms with Crippen LogP contribution in [0.2, 0.25) is 0 Å². The zero-order valence-electron chi connectivity index (χ0n) is 12.9. The van der Waals surface area contributed by atoms with Gasteiger partial charge in [0.1, 0.15) is 0 Å². The lowest BCUT2D eigenvalue weighted by Gasteiger charge is -2.16. The van der Waals surface area contributed by atoms with Crippen LogP contribution in [0.1, 0.15) is 67.8 Å². The highest BCUT2D eigenvalue weighted by molar-refractivity contribution is 5.30. The van der Waals surface area contributed by atoms with Crippen LogP contribution in [0.15, 0.2) is 16.8 Å². The standard InChI is InChI=1S/C16H21N5O/c1-21(10-14-19-15(20-22-14)12-6-7-12)16-17-9-8-13(18-16)11-4-2-3-5-11/h8-9,11-12H,2-7,10H2,1H3. The Hall–Kier alpha value is -1.98. The van der Waals surface area contributed by atoms with E-state index in [1.165, 1.54) is 44.2 Å². The van der Waals surface area contributed by atoms with Gasteiger partial charge in [-0.3, -0.25) is 0 Å². The third kappa shape index (κ3) is 2.82. The summed E-state index contributed by atoms with van der Waals surface area (Å²) in [6.07, 6.45) is 9.33. The summed E-state index contributed by atoms with van der Waals surface area (Å²) < 4.78 is 5.33. The molecule has 0 amide bonds. The Bertz CT molecular complexity index is 645. The zero-order valence-corrected chi connectivity index (χ0v) is 12.9. The molecule has 0 N–H and O–H groups in total. The Kier molecular flexibility index (Phi) is 3.52. The second kappa shape index (κ2) is 5.66. The minimum atomic E-state index is 0.518. The van der Waals surface area contributed by atoms with Crippen LogP contribution < -0.4 is 4.90 Å². The van der Waals surface area contributed by atoms with Gasteiger partial charge in [-0.25, -0.2) is 9.97 Å². The molecule has 4 rings (SSSR count).